The number of benzene rings is 4. The van der Waals surface area contributed by atoms with Gasteiger partial charge in [0.25, 0.3) is 0 Å². The van der Waals surface area contributed by atoms with Crippen LogP contribution in [0.25, 0.3) is 0 Å². The Hall–Kier alpha value is -2.70. The van der Waals surface area contributed by atoms with Crippen molar-refractivity contribution in [3.63, 3.8) is 0 Å². The highest BCUT2D eigenvalue weighted by Crippen LogP contribution is 2.48. The van der Waals surface area contributed by atoms with E-state index in [-0.39, 0.29) is 5.41 Å². The second-order valence-corrected chi connectivity index (χ2v) is 13.1. The van der Waals surface area contributed by atoms with E-state index in [0.29, 0.717) is 0 Å². The highest BCUT2D eigenvalue weighted by Gasteiger charge is 2.33. The van der Waals surface area contributed by atoms with Gasteiger partial charge in [-0.3, -0.25) is 0 Å². The van der Waals surface area contributed by atoms with Gasteiger partial charge in [0.15, 0.2) is 0 Å². The third-order valence-electron chi connectivity index (χ3n) is 5.88. The smallest absolute Gasteiger partial charge is 0.0147 e. The fourth-order valence-corrected chi connectivity index (χ4v) is 9.87. The maximum atomic E-state index is 5.99. The van der Waals surface area contributed by atoms with Crippen LogP contribution in [0.1, 0.15) is 13.3 Å². The van der Waals surface area contributed by atoms with E-state index in [0.717, 1.165) is 18.7 Å². The van der Waals surface area contributed by atoms with E-state index < -0.39 is 15.8 Å². The summed E-state index contributed by atoms with van der Waals surface area (Å²) in [5, 5.41) is 5.69. The second kappa shape index (κ2) is 11.4. The summed E-state index contributed by atoms with van der Waals surface area (Å²) in [6, 6.07) is 44.0. The molecule has 4 aromatic carbocycles. The van der Waals surface area contributed by atoms with Crippen molar-refractivity contribution in [3.8, 4) is 12.3 Å². The first-order chi connectivity index (χ1) is 16.2. The minimum Gasteiger partial charge on any atom is -0.120 e. The first-order valence-electron chi connectivity index (χ1n) is 11.4. The van der Waals surface area contributed by atoms with Crippen LogP contribution in [0, 0.1) is 17.8 Å². The van der Waals surface area contributed by atoms with Crippen LogP contribution < -0.4 is 21.2 Å². The molecule has 0 amide bonds. The molecule has 0 bridgehead atoms. The molecule has 0 aliphatic heterocycles. The molecular weight excluding hydrogens is 434 g/mol. The predicted octanol–water partition coefficient (Wildman–Crippen LogP) is 6.28. The Labute approximate surface area is 201 Å². The highest BCUT2D eigenvalue weighted by atomic mass is 31.1. The molecule has 0 atom stereocenters. The summed E-state index contributed by atoms with van der Waals surface area (Å²) in [4.78, 5) is 0. The van der Waals surface area contributed by atoms with Gasteiger partial charge in [-0.2, -0.15) is 0 Å². The van der Waals surface area contributed by atoms with E-state index in [2.05, 4.69) is 134 Å². The predicted molar refractivity (Wildman–Crippen MR) is 149 cm³/mol. The zero-order valence-corrected chi connectivity index (χ0v) is 20.9. The summed E-state index contributed by atoms with van der Waals surface area (Å²) in [5.41, 5.74) is 0.0313. The molecule has 0 fully saturated rings. The summed E-state index contributed by atoms with van der Waals surface area (Å²) >= 11 is 0. The average Bonchev–Trinajstić information content (AvgIpc) is 2.88. The molecule has 33 heavy (non-hydrogen) atoms. The molecule has 0 aliphatic rings. The highest BCUT2D eigenvalue weighted by molar-refractivity contribution is 7.74. The molecule has 164 valence electrons. The van der Waals surface area contributed by atoms with Crippen molar-refractivity contribution in [1.82, 2.24) is 0 Å². The standard InChI is InChI=1S/C31H30P2/c1-3-24-31(2,25-32(27-16-8-4-9-17-27)28-18-10-5-11-19-28)26-33(29-20-12-6-13-21-29)30-22-14-7-15-23-30/h1,4-23H,24-26H2,2H3. The maximum Gasteiger partial charge on any atom is 0.0147 e. The van der Waals surface area contributed by atoms with E-state index >= 15 is 0 Å². The lowest BCUT2D eigenvalue weighted by molar-refractivity contribution is 0.445. The second-order valence-electron chi connectivity index (χ2n) is 8.71. The van der Waals surface area contributed by atoms with Crippen molar-refractivity contribution in [2.75, 3.05) is 12.3 Å². The van der Waals surface area contributed by atoms with Crippen molar-refractivity contribution in [1.29, 1.82) is 0 Å². The van der Waals surface area contributed by atoms with Gasteiger partial charge in [-0.05, 0) is 54.8 Å². The van der Waals surface area contributed by atoms with Crippen LogP contribution >= 0.6 is 15.8 Å². The molecule has 0 aromatic heterocycles. The van der Waals surface area contributed by atoms with Gasteiger partial charge in [0.2, 0.25) is 0 Å². The first-order valence-corrected chi connectivity index (χ1v) is 14.4. The van der Waals surface area contributed by atoms with Crippen LogP contribution in [0.3, 0.4) is 0 Å². The molecule has 0 spiro atoms. The molecule has 0 heterocycles. The third-order valence-corrected chi connectivity index (χ3v) is 11.7. The molecule has 0 saturated carbocycles. The quantitative estimate of drug-likeness (QED) is 0.202. The lowest BCUT2D eigenvalue weighted by Crippen LogP contribution is -2.32. The van der Waals surface area contributed by atoms with Crippen LogP contribution in [0.5, 0.6) is 0 Å². The molecule has 0 saturated heterocycles. The van der Waals surface area contributed by atoms with Gasteiger partial charge in [-0.25, -0.2) is 0 Å². The first kappa shape index (κ1) is 23.5. The Bertz CT molecular complexity index is 985. The van der Waals surface area contributed by atoms with Gasteiger partial charge in [-0.15, -0.1) is 12.3 Å². The van der Waals surface area contributed by atoms with Gasteiger partial charge >= 0.3 is 0 Å². The minimum atomic E-state index is -0.504. The molecule has 0 radical (unpaired) electrons. The van der Waals surface area contributed by atoms with E-state index in [1.807, 2.05) is 0 Å². The van der Waals surface area contributed by atoms with Crippen LogP contribution in [0.2, 0.25) is 0 Å². The van der Waals surface area contributed by atoms with Crippen LogP contribution in [0.4, 0.5) is 0 Å². The maximum absolute atomic E-state index is 5.99. The van der Waals surface area contributed by atoms with Gasteiger partial charge in [0, 0.05) is 6.42 Å². The molecule has 0 unspecified atom stereocenters. The van der Waals surface area contributed by atoms with Crippen LogP contribution in [-0.4, -0.2) is 12.3 Å². The van der Waals surface area contributed by atoms with Crippen molar-refractivity contribution >= 4 is 37.1 Å². The largest absolute Gasteiger partial charge is 0.120 e. The number of terminal acetylenes is 1. The summed E-state index contributed by atoms with van der Waals surface area (Å²) in [7, 11) is -1.01. The number of hydrogen-bond donors (Lipinski definition) is 0. The zero-order valence-electron chi connectivity index (χ0n) is 19.1. The van der Waals surface area contributed by atoms with Crippen molar-refractivity contribution in [3.05, 3.63) is 121 Å². The van der Waals surface area contributed by atoms with Gasteiger partial charge < -0.3 is 0 Å². The van der Waals surface area contributed by atoms with Crippen molar-refractivity contribution in [2.45, 2.75) is 13.3 Å². The Morgan fingerprint density at radius 3 is 1.06 bits per heavy atom. The molecule has 2 heteroatoms. The molecule has 0 aliphatic carbocycles. The zero-order chi connectivity index (χ0) is 22.9. The summed E-state index contributed by atoms with van der Waals surface area (Å²) in [6.45, 7) is 2.41. The fraction of sp³-hybridized carbons (Fsp3) is 0.161. The molecule has 0 nitrogen and oxygen atoms in total. The Morgan fingerprint density at radius 1 is 0.545 bits per heavy atom. The van der Waals surface area contributed by atoms with Crippen LogP contribution in [-0.2, 0) is 0 Å². The third kappa shape index (κ3) is 6.21. The van der Waals surface area contributed by atoms with Crippen LogP contribution in [0.15, 0.2) is 121 Å². The molecule has 4 aromatic rings. The van der Waals surface area contributed by atoms with E-state index in [1.165, 1.54) is 21.2 Å². The minimum absolute atomic E-state index is 0.0313. The van der Waals surface area contributed by atoms with Gasteiger partial charge in [0.05, 0.1) is 0 Å². The van der Waals surface area contributed by atoms with E-state index in [4.69, 9.17) is 6.42 Å². The summed E-state index contributed by atoms with van der Waals surface area (Å²) < 4.78 is 0. The monoisotopic (exact) mass is 464 g/mol. The Morgan fingerprint density at radius 2 is 0.818 bits per heavy atom. The molecular formula is C31H30P2. The summed E-state index contributed by atoms with van der Waals surface area (Å²) in [6.07, 6.45) is 8.93. The van der Waals surface area contributed by atoms with E-state index in [1.54, 1.807) is 0 Å². The summed E-state index contributed by atoms with van der Waals surface area (Å²) in [5.74, 6) is 3.05. The number of rotatable bonds is 9. The molecule has 0 N–H and O–H groups in total. The Balaban J connectivity index is 1.72. The fourth-order valence-electron chi connectivity index (χ4n) is 4.27. The van der Waals surface area contributed by atoms with E-state index in [9.17, 15) is 0 Å². The van der Waals surface area contributed by atoms with Crippen molar-refractivity contribution in [2.24, 2.45) is 5.41 Å². The lowest BCUT2D eigenvalue weighted by Gasteiger charge is -2.36. The van der Waals surface area contributed by atoms with Gasteiger partial charge in [0.1, 0.15) is 0 Å². The van der Waals surface area contributed by atoms with Crippen molar-refractivity contribution < 1.29 is 0 Å². The number of hydrogen-bond acceptors (Lipinski definition) is 0. The SMILES string of the molecule is C#CCC(C)(CP(c1ccccc1)c1ccccc1)CP(c1ccccc1)c1ccccc1. The van der Waals surface area contributed by atoms with Gasteiger partial charge in [-0.1, -0.05) is 128 Å². The topological polar surface area (TPSA) is 0 Å². The lowest BCUT2D eigenvalue weighted by atomic mass is 9.92. The Kier molecular flexibility index (Phi) is 8.13. The average molecular weight is 465 g/mol. The normalized spacial score (nSPS) is 11.5. The molecule has 4 rings (SSSR count).